The highest BCUT2D eigenvalue weighted by Crippen LogP contribution is 2.41. The average Bonchev–Trinajstić information content (AvgIpc) is 2.38. The second-order valence-electron chi connectivity index (χ2n) is 5.29. The molecule has 0 spiro atoms. The van der Waals surface area contributed by atoms with Crippen molar-refractivity contribution in [1.82, 2.24) is 4.98 Å². The number of aromatic nitrogens is 1. The Labute approximate surface area is 125 Å². The monoisotopic (exact) mass is 334 g/mol. The molecule has 1 fully saturated rings. The fourth-order valence-corrected chi connectivity index (χ4v) is 3.13. The van der Waals surface area contributed by atoms with Gasteiger partial charge < -0.3 is 10.4 Å². The molecule has 0 bridgehead atoms. The Morgan fingerprint density at radius 1 is 1.35 bits per heavy atom. The van der Waals surface area contributed by atoms with E-state index in [0.717, 1.165) is 40.3 Å². The summed E-state index contributed by atoms with van der Waals surface area (Å²) in [5.74, 6) is 0.0361. The van der Waals surface area contributed by atoms with Crippen molar-refractivity contribution in [3.8, 4) is 0 Å². The van der Waals surface area contributed by atoms with Gasteiger partial charge in [0.05, 0.1) is 5.41 Å². The van der Waals surface area contributed by atoms with Crippen LogP contribution in [0.3, 0.4) is 0 Å². The summed E-state index contributed by atoms with van der Waals surface area (Å²) in [5.41, 5.74) is -0.615. The van der Waals surface area contributed by atoms with E-state index in [9.17, 15) is 9.90 Å². The molecule has 1 aliphatic rings. The first-order valence-electron chi connectivity index (χ1n) is 6.63. The molecule has 1 aliphatic carbocycles. The van der Waals surface area contributed by atoms with Crippen molar-refractivity contribution in [2.45, 2.75) is 19.3 Å². The Hall–Kier alpha value is -1.62. The van der Waals surface area contributed by atoms with E-state index in [-0.39, 0.29) is 0 Å². The van der Waals surface area contributed by atoms with E-state index < -0.39 is 11.4 Å². The highest BCUT2D eigenvalue weighted by molar-refractivity contribution is 9.10. The maximum atomic E-state index is 11.4. The van der Waals surface area contributed by atoms with Crippen molar-refractivity contribution in [3.05, 3.63) is 34.9 Å². The standard InChI is InChI=1S/C15H15BrN2O2/c16-12-4-1-3-11-10(12)5-8-17-13(11)18-9-15(14(19)20)6-2-7-15/h1,3-5,8H,2,6-7,9H2,(H,17,18)(H,19,20). The quantitative estimate of drug-likeness (QED) is 0.895. The first kappa shape index (κ1) is 13.4. The molecule has 5 heteroatoms. The van der Waals surface area contributed by atoms with Crippen molar-refractivity contribution in [1.29, 1.82) is 0 Å². The molecular weight excluding hydrogens is 320 g/mol. The Morgan fingerprint density at radius 3 is 2.80 bits per heavy atom. The lowest BCUT2D eigenvalue weighted by molar-refractivity contribution is -0.153. The van der Waals surface area contributed by atoms with Crippen molar-refractivity contribution >= 4 is 38.5 Å². The highest BCUT2D eigenvalue weighted by atomic mass is 79.9. The van der Waals surface area contributed by atoms with E-state index in [2.05, 4.69) is 26.2 Å². The predicted octanol–water partition coefficient (Wildman–Crippen LogP) is 3.66. The van der Waals surface area contributed by atoms with Gasteiger partial charge in [-0.15, -0.1) is 0 Å². The molecule has 104 valence electrons. The van der Waals surface area contributed by atoms with Gasteiger partial charge in [-0.2, -0.15) is 0 Å². The van der Waals surface area contributed by atoms with Crippen LogP contribution in [0.2, 0.25) is 0 Å². The Balaban J connectivity index is 1.88. The van der Waals surface area contributed by atoms with Crippen LogP contribution in [0.1, 0.15) is 19.3 Å². The summed E-state index contributed by atoms with van der Waals surface area (Å²) in [6.45, 7) is 0.432. The maximum Gasteiger partial charge on any atom is 0.311 e. The second-order valence-corrected chi connectivity index (χ2v) is 6.14. The summed E-state index contributed by atoms with van der Waals surface area (Å²) in [5, 5.41) is 14.7. The van der Waals surface area contributed by atoms with E-state index in [1.54, 1.807) is 6.20 Å². The number of aliphatic carboxylic acids is 1. The van der Waals surface area contributed by atoms with Crippen LogP contribution in [-0.2, 0) is 4.79 Å². The molecular formula is C15H15BrN2O2. The first-order chi connectivity index (χ1) is 9.62. The number of anilines is 1. The number of nitrogens with one attached hydrogen (secondary N) is 1. The third-order valence-corrected chi connectivity index (χ3v) is 4.80. The number of rotatable bonds is 4. The van der Waals surface area contributed by atoms with Crippen LogP contribution >= 0.6 is 15.9 Å². The van der Waals surface area contributed by atoms with Crippen LogP contribution in [0, 0.1) is 5.41 Å². The normalized spacial score (nSPS) is 16.6. The van der Waals surface area contributed by atoms with E-state index >= 15 is 0 Å². The topological polar surface area (TPSA) is 62.2 Å². The summed E-state index contributed by atoms with van der Waals surface area (Å²) >= 11 is 3.52. The number of hydrogen-bond donors (Lipinski definition) is 2. The smallest absolute Gasteiger partial charge is 0.311 e. The molecule has 0 radical (unpaired) electrons. The number of nitrogens with zero attached hydrogens (tertiary/aromatic N) is 1. The van der Waals surface area contributed by atoms with Crippen molar-refractivity contribution in [2.24, 2.45) is 5.41 Å². The van der Waals surface area contributed by atoms with Gasteiger partial charge in [0.25, 0.3) is 0 Å². The fraction of sp³-hybridized carbons (Fsp3) is 0.333. The van der Waals surface area contributed by atoms with E-state index in [0.29, 0.717) is 6.54 Å². The van der Waals surface area contributed by atoms with E-state index in [1.165, 1.54) is 0 Å². The zero-order valence-electron chi connectivity index (χ0n) is 10.9. The van der Waals surface area contributed by atoms with Gasteiger partial charge in [-0.1, -0.05) is 34.5 Å². The van der Waals surface area contributed by atoms with Gasteiger partial charge in [0.1, 0.15) is 5.82 Å². The molecule has 0 unspecified atom stereocenters. The summed E-state index contributed by atoms with van der Waals surface area (Å²) < 4.78 is 1.01. The van der Waals surface area contributed by atoms with E-state index in [4.69, 9.17) is 0 Å². The van der Waals surface area contributed by atoms with Crippen LogP contribution < -0.4 is 5.32 Å². The minimum atomic E-state index is -0.710. The summed E-state index contributed by atoms with van der Waals surface area (Å²) in [6, 6.07) is 7.87. The van der Waals surface area contributed by atoms with Crippen molar-refractivity contribution < 1.29 is 9.90 Å². The molecule has 1 aromatic heterocycles. The molecule has 2 N–H and O–H groups in total. The lowest BCUT2D eigenvalue weighted by Gasteiger charge is -2.37. The largest absolute Gasteiger partial charge is 0.481 e. The van der Waals surface area contributed by atoms with Crippen molar-refractivity contribution in [2.75, 3.05) is 11.9 Å². The van der Waals surface area contributed by atoms with Gasteiger partial charge in [0.15, 0.2) is 0 Å². The van der Waals surface area contributed by atoms with Crippen LogP contribution in [0.5, 0.6) is 0 Å². The molecule has 1 heterocycles. The summed E-state index contributed by atoms with van der Waals surface area (Å²) in [7, 11) is 0. The number of fused-ring (bicyclic) bond motifs is 1. The van der Waals surface area contributed by atoms with Crippen LogP contribution in [0.4, 0.5) is 5.82 Å². The van der Waals surface area contributed by atoms with Crippen LogP contribution in [0.25, 0.3) is 10.8 Å². The Bertz CT molecular complexity index is 668. The number of hydrogen-bond acceptors (Lipinski definition) is 3. The number of benzene rings is 1. The molecule has 1 aromatic carbocycles. The number of carbonyl (C=O) groups is 1. The zero-order chi connectivity index (χ0) is 14.2. The van der Waals surface area contributed by atoms with Crippen LogP contribution in [0.15, 0.2) is 34.9 Å². The van der Waals surface area contributed by atoms with Gasteiger partial charge >= 0.3 is 5.97 Å². The molecule has 0 saturated heterocycles. The van der Waals surface area contributed by atoms with E-state index in [1.807, 2.05) is 24.3 Å². The Morgan fingerprint density at radius 2 is 2.15 bits per heavy atom. The molecule has 4 nitrogen and oxygen atoms in total. The lowest BCUT2D eigenvalue weighted by atomic mass is 9.69. The third-order valence-electron chi connectivity index (χ3n) is 4.11. The Kier molecular flexibility index (Phi) is 3.38. The number of carboxylic acids is 1. The van der Waals surface area contributed by atoms with Crippen LogP contribution in [-0.4, -0.2) is 22.6 Å². The molecule has 3 rings (SSSR count). The lowest BCUT2D eigenvalue weighted by Crippen LogP contribution is -2.43. The predicted molar refractivity (Wildman–Crippen MR) is 81.9 cm³/mol. The minimum absolute atomic E-state index is 0.432. The first-order valence-corrected chi connectivity index (χ1v) is 7.42. The second kappa shape index (κ2) is 5.05. The molecule has 0 aliphatic heterocycles. The van der Waals surface area contributed by atoms with Crippen molar-refractivity contribution in [3.63, 3.8) is 0 Å². The minimum Gasteiger partial charge on any atom is -0.481 e. The molecule has 0 atom stereocenters. The fourth-order valence-electron chi connectivity index (χ4n) is 2.63. The molecule has 1 saturated carbocycles. The summed E-state index contributed by atoms with van der Waals surface area (Å²) in [6.07, 6.45) is 4.21. The number of carboxylic acid groups (broad SMARTS) is 1. The van der Waals surface area contributed by atoms with Gasteiger partial charge in [-0.25, -0.2) is 4.98 Å². The highest BCUT2D eigenvalue weighted by Gasteiger charge is 2.44. The SMILES string of the molecule is O=C(O)C1(CNc2nccc3c(Br)cccc23)CCC1. The molecule has 0 amide bonds. The average molecular weight is 335 g/mol. The van der Waals surface area contributed by atoms with Gasteiger partial charge in [-0.3, -0.25) is 4.79 Å². The van der Waals surface area contributed by atoms with Gasteiger partial charge in [0, 0.05) is 28.0 Å². The third kappa shape index (κ3) is 2.16. The maximum absolute atomic E-state index is 11.4. The van der Waals surface area contributed by atoms with Gasteiger partial charge in [-0.05, 0) is 25.0 Å². The number of halogens is 1. The van der Waals surface area contributed by atoms with Gasteiger partial charge in [0.2, 0.25) is 0 Å². The molecule has 2 aromatic rings. The number of pyridine rings is 1. The zero-order valence-corrected chi connectivity index (χ0v) is 12.5. The summed E-state index contributed by atoms with van der Waals surface area (Å²) in [4.78, 5) is 15.7. The molecule has 20 heavy (non-hydrogen) atoms.